The Hall–Kier alpha value is -0.780. The highest BCUT2D eigenvalue weighted by Gasteiger charge is 2.16. The third kappa shape index (κ3) is 4.11. The van der Waals surface area contributed by atoms with Gasteiger partial charge in [-0.15, -0.1) is 11.8 Å². The highest BCUT2D eigenvalue weighted by molar-refractivity contribution is 9.10. The molecule has 1 N–H and O–H groups in total. The van der Waals surface area contributed by atoms with Gasteiger partial charge in [-0.3, -0.25) is 4.68 Å². The predicted molar refractivity (Wildman–Crippen MR) is 94.1 cm³/mol. The monoisotopic (exact) mass is 367 g/mol. The van der Waals surface area contributed by atoms with Crippen LogP contribution in [0.4, 0.5) is 0 Å². The van der Waals surface area contributed by atoms with Gasteiger partial charge in [-0.05, 0) is 48.5 Å². The number of hydrogen-bond donors (Lipinski definition) is 1. The van der Waals surface area contributed by atoms with Crippen LogP contribution in [-0.4, -0.2) is 28.6 Å². The second kappa shape index (κ2) is 7.47. The minimum Gasteiger partial charge on any atom is -0.316 e. The summed E-state index contributed by atoms with van der Waals surface area (Å²) in [4.78, 5) is 1.36. The molecule has 1 heterocycles. The van der Waals surface area contributed by atoms with Gasteiger partial charge in [0.15, 0.2) is 0 Å². The molecule has 0 aliphatic carbocycles. The first-order chi connectivity index (χ1) is 10.0. The number of aromatic nitrogens is 2. The Morgan fingerprint density at radius 2 is 2.05 bits per heavy atom. The van der Waals surface area contributed by atoms with Gasteiger partial charge < -0.3 is 5.32 Å². The van der Waals surface area contributed by atoms with Crippen LogP contribution in [0.25, 0.3) is 0 Å². The molecule has 1 aromatic heterocycles. The summed E-state index contributed by atoms with van der Waals surface area (Å²) >= 11 is 5.56. The van der Waals surface area contributed by atoms with E-state index < -0.39 is 0 Å². The quantitative estimate of drug-likeness (QED) is 0.789. The molecule has 5 heteroatoms. The summed E-state index contributed by atoms with van der Waals surface area (Å²) in [5.41, 5.74) is 3.64. The summed E-state index contributed by atoms with van der Waals surface area (Å²) < 4.78 is 3.11. The van der Waals surface area contributed by atoms with Crippen molar-refractivity contribution in [2.24, 2.45) is 7.05 Å². The molecule has 0 amide bonds. The molecule has 0 radical (unpaired) electrons. The van der Waals surface area contributed by atoms with E-state index in [9.17, 15) is 0 Å². The van der Waals surface area contributed by atoms with Gasteiger partial charge in [0.2, 0.25) is 0 Å². The maximum atomic E-state index is 4.47. The van der Waals surface area contributed by atoms with Crippen LogP contribution in [0.5, 0.6) is 0 Å². The molecule has 1 unspecified atom stereocenters. The summed E-state index contributed by atoms with van der Waals surface area (Å²) in [7, 11) is 4.04. The maximum Gasteiger partial charge on any atom is 0.0738 e. The molecule has 0 saturated heterocycles. The predicted octanol–water partition coefficient (Wildman–Crippen LogP) is 3.72. The van der Waals surface area contributed by atoms with Gasteiger partial charge >= 0.3 is 0 Å². The average molecular weight is 368 g/mol. The molecule has 0 aliphatic heterocycles. The minimum atomic E-state index is 0.417. The summed E-state index contributed by atoms with van der Waals surface area (Å²) in [6.45, 7) is 4.20. The lowest BCUT2D eigenvalue weighted by molar-refractivity contribution is 0.580. The third-order valence-corrected chi connectivity index (χ3v) is 6.01. The van der Waals surface area contributed by atoms with Crippen LogP contribution in [0.15, 0.2) is 33.6 Å². The molecule has 0 fully saturated rings. The zero-order valence-electron chi connectivity index (χ0n) is 13.0. The van der Waals surface area contributed by atoms with Crippen molar-refractivity contribution in [1.82, 2.24) is 15.1 Å². The largest absolute Gasteiger partial charge is 0.316 e. The second-order valence-corrected chi connectivity index (χ2v) is 7.09. The number of likely N-dealkylation sites (N-methyl/N-ethyl adjacent to an activating group) is 1. The van der Waals surface area contributed by atoms with E-state index in [-0.39, 0.29) is 0 Å². The van der Waals surface area contributed by atoms with Crippen LogP contribution in [0.1, 0.15) is 17.0 Å². The number of hydrogen-bond acceptors (Lipinski definition) is 3. The molecule has 0 aliphatic rings. The van der Waals surface area contributed by atoms with Crippen molar-refractivity contribution in [1.29, 1.82) is 0 Å². The van der Waals surface area contributed by atoms with Crippen LogP contribution in [-0.2, 0) is 13.5 Å². The summed E-state index contributed by atoms with van der Waals surface area (Å²) in [6.07, 6.45) is 0.966. The fraction of sp³-hybridized carbons (Fsp3) is 0.438. The lowest BCUT2D eigenvalue weighted by Gasteiger charge is -2.17. The van der Waals surface area contributed by atoms with Gasteiger partial charge in [-0.2, -0.15) is 5.10 Å². The highest BCUT2D eigenvalue weighted by Crippen LogP contribution is 2.25. The number of nitrogens with one attached hydrogen (secondary N) is 1. The SMILES string of the molecule is CNC(CSc1ccccc1C)Cc1c(Br)c(C)nn1C. The Balaban J connectivity index is 2.02. The van der Waals surface area contributed by atoms with Gasteiger partial charge in [0, 0.05) is 30.2 Å². The van der Waals surface area contributed by atoms with Gasteiger partial charge in [0.1, 0.15) is 0 Å². The third-order valence-electron chi connectivity index (χ3n) is 3.64. The number of aryl methyl sites for hydroxylation is 3. The molecule has 0 bridgehead atoms. The van der Waals surface area contributed by atoms with Crippen LogP contribution >= 0.6 is 27.7 Å². The van der Waals surface area contributed by atoms with Gasteiger partial charge in [-0.25, -0.2) is 0 Å². The molecule has 2 aromatic rings. The first-order valence-corrected chi connectivity index (χ1v) is 8.84. The van der Waals surface area contributed by atoms with Crippen molar-refractivity contribution in [2.45, 2.75) is 31.2 Å². The van der Waals surface area contributed by atoms with E-state index in [1.165, 1.54) is 16.2 Å². The van der Waals surface area contributed by atoms with Gasteiger partial charge in [0.25, 0.3) is 0 Å². The molecule has 21 heavy (non-hydrogen) atoms. The first kappa shape index (κ1) is 16.6. The molecule has 0 spiro atoms. The van der Waals surface area contributed by atoms with E-state index >= 15 is 0 Å². The topological polar surface area (TPSA) is 29.9 Å². The highest BCUT2D eigenvalue weighted by atomic mass is 79.9. The van der Waals surface area contributed by atoms with Crippen LogP contribution in [0.3, 0.4) is 0 Å². The molecule has 0 saturated carbocycles. The van der Waals surface area contributed by atoms with E-state index in [1.807, 2.05) is 37.5 Å². The summed E-state index contributed by atoms with van der Waals surface area (Å²) in [5.74, 6) is 1.04. The van der Waals surface area contributed by atoms with E-state index in [2.05, 4.69) is 57.5 Å². The average Bonchev–Trinajstić information content (AvgIpc) is 2.70. The van der Waals surface area contributed by atoms with Gasteiger partial charge in [-0.1, -0.05) is 18.2 Å². The lowest BCUT2D eigenvalue weighted by atomic mass is 10.2. The molecule has 2 rings (SSSR count). The fourth-order valence-electron chi connectivity index (χ4n) is 2.29. The Morgan fingerprint density at radius 3 is 2.62 bits per heavy atom. The van der Waals surface area contributed by atoms with E-state index in [0.717, 1.165) is 22.3 Å². The number of halogens is 1. The van der Waals surface area contributed by atoms with Crippen molar-refractivity contribution in [2.75, 3.05) is 12.8 Å². The molecular formula is C16H22BrN3S. The Bertz CT molecular complexity index is 610. The lowest BCUT2D eigenvalue weighted by Crippen LogP contribution is -2.31. The van der Waals surface area contributed by atoms with Crippen molar-refractivity contribution in [3.8, 4) is 0 Å². The van der Waals surface area contributed by atoms with Crippen molar-refractivity contribution in [3.63, 3.8) is 0 Å². The van der Waals surface area contributed by atoms with E-state index in [4.69, 9.17) is 0 Å². The standard InChI is InChI=1S/C16H22BrN3S/c1-11-7-5-6-8-15(11)21-10-13(18-3)9-14-16(17)12(2)19-20(14)4/h5-8,13,18H,9-10H2,1-4H3. The van der Waals surface area contributed by atoms with Crippen molar-refractivity contribution >= 4 is 27.7 Å². The maximum absolute atomic E-state index is 4.47. The van der Waals surface area contributed by atoms with Crippen LogP contribution in [0.2, 0.25) is 0 Å². The zero-order chi connectivity index (χ0) is 15.4. The Labute approximate surface area is 139 Å². The van der Waals surface area contributed by atoms with Crippen molar-refractivity contribution < 1.29 is 0 Å². The Morgan fingerprint density at radius 1 is 1.33 bits per heavy atom. The normalized spacial score (nSPS) is 12.6. The van der Waals surface area contributed by atoms with E-state index in [1.54, 1.807) is 0 Å². The number of thioether (sulfide) groups is 1. The fourth-order valence-corrected chi connectivity index (χ4v) is 3.92. The molecular weight excluding hydrogens is 346 g/mol. The van der Waals surface area contributed by atoms with Crippen LogP contribution < -0.4 is 5.32 Å². The first-order valence-electron chi connectivity index (χ1n) is 7.06. The molecule has 1 aromatic carbocycles. The van der Waals surface area contributed by atoms with Crippen LogP contribution in [0, 0.1) is 13.8 Å². The number of rotatable bonds is 6. The minimum absolute atomic E-state index is 0.417. The summed E-state index contributed by atoms with van der Waals surface area (Å²) in [6, 6.07) is 8.96. The molecule has 3 nitrogen and oxygen atoms in total. The van der Waals surface area contributed by atoms with Gasteiger partial charge in [0.05, 0.1) is 15.9 Å². The number of nitrogens with zero attached hydrogens (tertiary/aromatic N) is 2. The number of benzene rings is 1. The molecule has 114 valence electrons. The van der Waals surface area contributed by atoms with E-state index in [0.29, 0.717) is 6.04 Å². The second-order valence-electron chi connectivity index (χ2n) is 5.24. The Kier molecular flexibility index (Phi) is 5.90. The van der Waals surface area contributed by atoms with Crippen molar-refractivity contribution in [3.05, 3.63) is 45.7 Å². The zero-order valence-corrected chi connectivity index (χ0v) is 15.4. The smallest absolute Gasteiger partial charge is 0.0738 e. The molecule has 1 atom stereocenters. The summed E-state index contributed by atoms with van der Waals surface area (Å²) in [5, 5.41) is 7.89.